The van der Waals surface area contributed by atoms with Crippen LogP contribution in [0, 0.1) is 0 Å². The SMILES string of the molecule is COc1cccnc1-n1ccnn1. The fraction of sp³-hybridized carbons (Fsp3) is 0.125. The molecule has 66 valence electrons. The van der Waals surface area contributed by atoms with Crippen LogP contribution in [0.2, 0.25) is 0 Å². The predicted molar refractivity (Wildman–Crippen MR) is 45.7 cm³/mol. The van der Waals surface area contributed by atoms with E-state index in [1.165, 1.54) is 0 Å². The lowest BCUT2D eigenvalue weighted by atomic mass is 10.4. The molecule has 0 bridgehead atoms. The standard InChI is InChI=1S/C8H8N4O/c1-13-7-3-2-4-9-8(7)12-6-5-10-11-12/h2-6H,1H3. The van der Waals surface area contributed by atoms with Crippen LogP contribution in [0.15, 0.2) is 30.7 Å². The van der Waals surface area contributed by atoms with Crippen molar-refractivity contribution in [2.75, 3.05) is 7.11 Å². The molecule has 2 aromatic rings. The van der Waals surface area contributed by atoms with Crippen LogP contribution < -0.4 is 4.74 Å². The summed E-state index contributed by atoms with van der Waals surface area (Å²) >= 11 is 0. The molecule has 5 heteroatoms. The smallest absolute Gasteiger partial charge is 0.197 e. The van der Waals surface area contributed by atoms with E-state index in [0.29, 0.717) is 11.6 Å². The first-order valence-electron chi connectivity index (χ1n) is 3.77. The third-order valence-electron chi connectivity index (χ3n) is 1.61. The maximum Gasteiger partial charge on any atom is 0.197 e. The first-order chi connectivity index (χ1) is 6.42. The van der Waals surface area contributed by atoms with Gasteiger partial charge in [-0.15, -0.1) is 5.10 Å². The average molecular weight is 176 g/mol. The molecule has 0 amide bonds. The fourth-order valence-corrected chi connectivity index (χ4v) is 1.03. The van der Waals surface area contributed by atoms with Gasteiger partial charge in [0.1, 0.15) is 0 Å². The molecule has 0 aliphatic heterocycles. The molecule has 0 saturated carbocycles. The molecule has 0 aromatic carbocycles. The molecule has 2 rings (SSSR count). The van der Waals surface area contributed by atoms with Crippen molar-refractivity contribution in [3.63, 3.8) is 0 Å². The molecule has 0 aliphatic rings. The second kappa shape index (κ2) is 3.22. The van der Waals surface area contributed by atoms with Gasteiger partial charge < -0.3 is 4.74 Å². The van der Waals surface area contributed by atoms with Crippen molar-refractivity contribution in [2.45, 2.75) is 0 Å². The lowest BCUT2D eigenvalue weighted by Crippen LogP contribution is -2.01. The van der Waals surface area contributed by atoms with Crippen LogP contribution in [0.1, 0.15) is 0 Å². The summed E-state index contributed by atoms with van der Waals surface area (Å²) in [7, 11) is 1.59. The van der Waals surface area contributed by atoms with Gasteiger partial charge in [0.2, 0.25) is 0 Å². The highest BCUT2D eigenvalue weighted by molar-refractivity contribution is 5.38. The Hall–Kier alpha value is -1.91. The molecule has 0 N–H and O–H groups in total. The van der Waals surface area contributed by atoms with Crippen LogP contribution in [-0.2, 0) is 0 Å². The summed E-state index contributed by atoms with van der Waals surface area (Å²) in [5, 5.41) is 7.51. The molecule has 2 heterocycles. The lowest BCUT2D eigenvalue weighted by molar-refractivity contribution is 0.409. The summed E-state index contributed by atoms with van der Waals surface area (Å²) in [6, 6.07) is 3.63. The van der Waals surface area contributed by atoms with Crippen LogP contribution in [-0.4, -0.2) is 27.1 Å². The number of hydrogen-bond acceptors (Lipinski definition) is 4. The van der Waals surface area contributed by atoms with Gasteiger partial charge >= 0.3 is 0 Å². The minimum Gasteiger partial charge on any atom is -0.493 e. The van der Waals surface area contributed by atoms with E-state index in [9.17, 15) is 0 Å². The van der Waals surface area contributed by atoms with Gasteiger partial charge in [0.05, 0.1) is 19.5 Å². The molecular formula is C8H8N4O. The maximum absolute atomic E-state index is 5.12. The molecular weight excluding hydrogens is 168 g/mol. The zero-order valence-electron chi connectivity index (χ0n) is 7.08. The monoisotopic (exact) mass is 176 g/mol. The van der Waals surface area contributed by atoms with Crippen molar-refractivity contribution < 1.29 is 4.74 Å². The third kappa shape index (κ3) is 1.35. The van der Waals surface area contributed by atoms with E-state index < -0.39 is 0 Å². The summed E-state index contributed by atoms with van der Waals surface area (Å²) in [6.45, 7) is 0. The summed E-state index contributed by atoms with van der Waals surface area (Å²) in [5.74, 6) is 1.32. The number of ether oxygens (including phenoxy) is 1. The van der Waals surface area contributed by atoms with Crippen molar-refractivity contribution in [1.29, 1.82) is 0 Å². The Labute approximate surface area is 75.0 Å². The Morgan fingerprint density at radius 3 is 3.00 bits per heavy atom. The quantitative estimate of drug-likeness (QED) is 0.674. The van der Waals surface area contributed by atoms with Crippen LogP contribution in [0.4, 0.5) is 0 Å². The second-order valence-corrected chi connectivity index (χ2v) is 2.38. The second-order valence-electron chi connectivity index (χ2n) is 2.38. The summed E-state index contributed by atoms with van der Waals surface area (Å²) < 4.78 is 6.67. The first kappa shape index (κ1) is 7.72. The van der Waals surface area contributed by atoms with Gasteiger partial charge in [-0.1, -0.05) is 5.21 Å². The zero-order valence-corrected chi connectivity index (χ0v) is 7.08. The highest BCUT2D eigenvalue weighted by atomic mass is 16.5. The van der Waals surface area contributed by atoms with Gasteiger partial charge in [0.15, 0.2) is 11.6 Å². The molecule has 13 heavy (non-hydrogen) atoms. The molecule has 0 unspecified atom stereocenters. The lowest BCUT2D eigenvalue weighted by Gasteiger charge is -2.04. The minimum atomic E-state index is 0.641. The van der Waals surface area contributed by atoms with E-state index in [0.717, 1.165) is 0 Å². The van der Waals surface area contributed by atoms with Crippen LogP contribution in [0.25, 0.3) is 5.82 Å². The van der Waals surface area contributed by atoms with E-state index in [2.05, 4.69) is 15.3 Å². The van der Waals surface area contributed by atoms with Crippen LogP contribution >= 0.6 is 0 Å². The topological polar surface area (TPSA) is 52.8 Å². The number of nitrogens with zero attached hydrogens (tertiary/aromatic N) is 4. The average Bonchev–Trinajstić information content (AvgIpc) is 2.70. The Kier molecular flexibility index (Phi) is 1.91. The van der Waals surface area contributed by atoms with Gasteiger partial charge in [-0.2, -0.15) is 4.68 Å². The van der Waals surface area contributed by atoms with Gasteiger partial charge in [-0.25, -0.2) is 4.98 Å². The molecule has 0 fully saturated rings. The van der Waals surface area contributed by atoms with Gasteiger partial charge in [0.25, 0.3) is 0 Å². The van der Waals surface area contributed by atoms with E-state index in [-0.39, 0.29) is 0 Å². The molecule has 0 aliphatic carbocycles. The van der Waals surface area contributed by atoms with E-state index >= 15 is 0 Å². The Bertz CT molecular complexity index is 385. The number of pyridine rings is 1. The number of aromatic nitrogens is 4. The first-order valence-corrected chi connectivity index (χ1v) is 3.77. The molecule has 0 spiro atoms. The Balaban J connectivity index is 2.51. The minimum absolute atomic E-state index is 0.641. The summed E-state index contributed by atoms with van der Waals surface area (Å²) in [4.78, 5) is 4.13. The summed E-state index contributed by atoms with van der Waals surface area (Å²) in [5.41, 5.74) is 0. The van der Waals surface area contributed by atoms with Crippen molar-refractivity contribution in [3.8, 4) is 11.6 Å². The molecule has 0 radical (unpaired) electrons. The molecule has 0 saturated heterocycles. The fourth-order valence-electron chi connectivity index (χ4n) is 1.03. The van der Waals surface area contributed by atoms with E-state index in [1.807, 2.05) is 6.07 Å². The van der Waals surface area contributed by atoms with E-state index in [4.69, 9.17) is 4.74 Å². The van der Waals surface area contributed by atoms with Gasteiger partial charge in [-0.3, -0.25) is 0 Å². The van der Waals surface area contributed by atoms with Crippen LogP contribution in [0.3, 0.4) is 0 Å². The van der Waals surface area contributed by atoms with Gasteiger partial charge in [-0.05, 0) is 12.1 Å². The van der Waals surface area contributed by atoms with Gasteiger partial charge in [0, 0.05) is 6.20 Å². The number of rotatable bonds is 2. The third-order valence-corrected chi connectivity index (χ3v) is 1.61. The van der Waals surface area contributed by atoms with Crippen molar-refractivity contribution in [2.24, 2.45) is 0 Å². The number of methoxy groups -OCH3 is 1. The number of hydrogen-bond donors (Lipinski definition) is 0. The predicted octanol–water partition coefficient (Wildman–Crippen LogP) is 0.671. The highest BCUT2D eigenvalue weighted by Crippen LogP contribution is 2.17. The van der Waals surface area contributed by atoms with Crippen molar-refractivity contribution in [1.82, 2.24) is 20.0 Å². The molecule has 5 nitrogen and oxygen atoms in total. The summed E-state index contributed by atoms with van der Waals surface area (Å²) in [6.07, 6.45) is 4.98. The van der Waals surface area contributed by atoms with Crippen LogP contribution in [0.5, 0.6) is 5.75 Å². The normalized spacial score (nSPS) is 9.92. The molecule has 0 atom stereocenters. The Morgan fingerprint density at radius 1 is 1.38 bits per heavy atom. The largest absolute Gasteiger partial charge is 0.493 e. The van der Waals surface area contributed by atoms with Crippen molar-refractivity contribution in [3.05, 3.63) is 30.7 Å². The van der Waals surface area contributed by atoms with Crippen molar-refractivity contribution >= 4 is 0 Å². The molecule has 2 aromatic heterocycles. The maximum atomic E-state index is 5.12. The highest BCUT2D eigenvalue weighted by Gasteiger charge is 2.04. The Morgan fingerprint density at radius 2 is 2.31 bits per heavy atom. The van der Waals surface area contributed by atoms with E-state index in [1.54, 1.807) is 36.4 Å². The zero-order chi connectivity index (χ0) is 9.10.